The van der Waals surface area contributed by atoms with Crippen molar-refractivity contribution < 1.29 is 9.53 Å². The van der Waals surface area contributed by atoms with Gasteiger partial charge in [0, 0.05) is 19.7 Å². The van der Waals surface area contributed by atoms with E-state index < -0.39 is 0 Å². The summed E-state index contributed by atoms with van der Waals surface area (Å²) in [7, 11) is 1.63. The molecule has 0 radical (unpaired) electrons. The third-order valence-corrected chi connectivity index (χ3v) is 4.90. The minimum Gasteiger partial charge on any atom is -0.380 e. The predicted octanol–water partition coefficient (Wildman–Crippen LogP) is 2.42. The minimum absolute atomic E-state index is 0.174. The minimum atomic E-state index is -0.174. The summed E-state index contributed by atoms with van der Waals surface area (Å²) in [6.45, 7) is 0.391. The molecule has 2 atom stereocenters. The molecule has 1 aromatic carbocycles. The van der Waals surface area contributed by atoms with Gasteiger partial charge < -0.3 is 15.4 Å². The van der Waals surface area contributed by atoms with Crippen molar-refractivity contribution >= 4 is 5.91 Å². The Morgan fingerprint density at radius 1 is 1.36 bits per heavy atom. The predicted molar refractivity (Wildman–Crippen MR) is 86.5 cm³/mol. The molecule has 0 aliphatic heterocycles. The molecule has 2 unspecified atom stereocenters. The molecule has 0 spiro atoms. The summed E-state index contributed by atoms with van der Waals surface area (Å²) in [6.07, 6.45) is 5.83. The summed E-state index contributed by atoms with van der Waals surface area (Å²) in [6, 6.07) is 9.23. The Balaban J connectivity index is 1.82. The van der Waals surface area contributed by atoms with E-state index in [0.717, 1.165) is 32.1 Å². The van der Waals surface area contributed by atoms with Gasteiger partial charge in [0.25, 0.3) is 0 Å². The number of nitrogens with two attached hydrogens (primary N) is 1. The number of benzene rings is 1. The monoisotopic (exact) mass is 302 g/mol. The molecular formula is C18H26N2O2. The summed E-state index contributed by atoms with van der Waals surface area (Å²) < 4.78 is 5.30. The molecule has 2 aliphatic rings. The molecular weight excluding hydrogens is 276 g/mol. The maximum absolute atomic E-state index is 12.9. The lowest BCUT2D eigenvalue weighted by Gasteiger charge is -2.37. The lowest BCUT2D eigenvalue weighted by atomic mass is 9.86. The van der Waals surface area contributed by atoms with Gasteiger partial charge in [-0.1, -0.05) is 24.3 Å². The van der Waals surface area contributed by atoms with Crippen molar-refractivity contribution in [2.24, 2.45) is 5.73 Å². The Morgan fingerprint density at radius 3 is 2.82 bits per heavy atom. The first kappa shape index (κ1) is 15.5. The lowest BCUT2D eigenvalue weighted by molar-refractivity contribution is -0.137. The Kier molecular flexibility index (Phi) is 4.79. The highest BCUT2D eigenvalue weighted by molar-refractivity contribution is 5.78. The van der Waals surface area contributed by atoms with Crippen molar-refractivity contribution in [1.29, 1.82) is 0 Å². The number of carbonyl (C=O) groups is 1. The number of hydrogen-bond donors (Lipinski definition) is 1. The molecule has 0 aromatic heterocycles. The maximum Gasteiger partial charge on any atom is 0.225 e. The second kappa shape index (κ2) is 6.80. The summed E-state index contributed by atoms with van der Waals surface area (Å²) in [5.41, 5.74) is 8.43. The molecule has 0 saturated heterocycles. The highest BCUT2D eigenvalue weighted by Gasteiger charge is 2.39. The number of carbonyl (C=O) groups excluding carboxylic acids is 1. The Bertz CT molecular complexity index is 524. The normalized spacial score (nSPS) is 22.0. The third-order valence-electron chi connectivity index (χ3n) is 4.90. The fourth-order valence-electron chi connectivity index (χ4n) is 3.56. The van der Waals surface area contributed by atoms with E-state index in [9.17, 15) is 4.79 Å². The van der Waals surface area contributed by atoms with Crippen LogP contribution in [0.4, 0.5) is 0 Å². The number of amides is 1. The molecule has 120 valence electrons. The molecule has 1 saturated carbocycles. The van der Waals surface area contributed by atoms with Crippen molar-refractivity contribution in [1.82, 2.24) is 4.90 Å². The van der Waals surface area contributed by atoms with E-state index in [1.165, 1.54) is 11.1 Å². The van der Waals surface area contributed by atoms with E-state index in [2.05, 4.69) is 29.2 Å². The van der Waals surface area contributed by atoms with Crippen LogP contribution in [0.3, 0.4) is 0 Å². The zero-order valence-corrected chi connectivity index (χ0v) is 13.3. The molecule has 22 heavy (non-hydrogen) atoms. The van der Waals surface area contributed by atoms with Crippen LogP contribution in [0.15, 0.2) is 24.3 Å². The van der Waals surface area contributed by atoms with Crippen molar-refractivity contribution in [3.8, 4) is 0 Å². The molecule has 1 aromatic rings. The van der Waals surface area contributed by atoms with Gasteiger partial charge in [-0.15, -0.1) is 0 Å². The van der Waals surface area contributed by atoms with Gasteiger partial charge in [-0.3, -0.25) is 4.79 Å². The smallest absolute Gasteiger partial charge is 0.225 e. The van der Waals surface area contributed by atoms with Crippen molar-refractivity contribution in [2.45, 2.75) is 56.7 Å². The maximum atomic E-state index is 12.9. The number of nitrogens with zero attached hydrogens (tertiary/aromatic N) is 1. The topological polar surface area (TPSA) is 55.6 Å². The number of ether oxygens (including phenoxy) is 1. The van der Waals surface area contributed by atoms with Gasteiger partial charge in [0.15, 0.2) is 0 Å². The second-order valence-electron chi connectivity index (χ2n) is 6.44. The zero-order valence-electron chi connectivity index (χ0n) is 13.3. The largest absolute Gasteiger partial charge is 0.380 e. The van der Waals surface area contributed by atoms with Gasteiger partial charge in [0.1, 0.15) is 0 Å². The highest BCUT2D eigenvalue weighted by atomic mass is 16.5. The molecule has 2 aliphatic carbocycles. The first-order chi connectivity index (χ1) is 10.7. The van der Waals surface area contributed by atoms with Crippen LogP contribution < -0.4 is 5.73 Å². The van der Waals surface area contributed by atoms with Gasteiger partial charge in [-0.2, -0.15) is 0 Å². The quantitative estimate of drug-likeness (QED) is 0.878. The number of methoxy groups -OCH3 is 1. The van der Waals surface area contributed by atoms with E-state index >= 15 is 0 Å². The van der Waals surface area contributed by atoms with Crippen LogP contribution in [-0.4, -0.2) is 36.6 Å². The number of rotatable bonds is 6. The Labute approximate surface area is 132 Å². The van der Waals surface area contributed by atoms with Crippen molar-refractivity contribution in [3.63, 3.8) is 0 Å². The molecule has 4 nitrogen and oxygen atoms in total. The number of hydrogen-bond acceptors (Lipinski definition) is 3. The van der Waals surface area contributed by atoms with Crippen LogP contribution in [-0.2, 0) is 16.0 Å². The van der Waals surface area contributed by atoms with Crippen LogP contribution in [0.5, 0.6) is 0 Å². The Morgan fingerprint density at radius 2 is 2.14 bits per heavy atom. The van der Waals surface area contributed by atoms with Gasteiger partial charge in [0.05, 0.1) is 18.6 Å². The lowest BCUT2D eigenvalue weighted by Crippen LogP contribution is -2.41. The second-order valence-corrected chi connectivity index (χ2v) is 6.44. The van der Waals surface area contributed by atoms with Crippen LogP contribution >= 0.6 is 0 Å². The fourth-order valence-corrected chi connectivity index (χ4v) is 3.56. The van der Waals surface area contributed by atoms with Gasteiger partial charge in [-0.05, 0) is 43.2 Å². The number of fused-ring (bicyclic) bond motifs is 1. The van der Waals surface area contributed by atoms with Crippen LogP contribution in [0.2, 0.25) is 0 Å². The molecule has 2 N–H and O–H groups in total. The SMILES string of the molecule is COC(CN)CC(=O)N(C1CC1)C1CCCc2ccccc21. The van der Waals surface area contributed by atoms with E-state index in [0.29, 0.717) is 19.0 Å². The third kappa shape index (κ3) is 3.18. The standard InChI is InChI=1S/C18H26N2O2/c1-22-15(12-19)11-18(21)20(14-9-10-14)17-8-4-6-13-5-2-3-7-16(13)17/h2-3,5,7,14-15,17H,4,6,8-12,19H2,1H3. The summed E-state index contributed by atoms with van der Waals surface area (Å²) >= 11 is 0. The summed E-state index contributed by atoms with van der Waals surface area (Å²) in [5, 5.41) is 0. The van der Waals surface area contributed by atoms with Crippen LogP contribution in [0, 0.1) is 0 Å². The van der Waals surface area contributed by atoms with E-state index in [4.69, 9.17) is 10.5 Å². The highest BCUT2D eigenvalue weighted by Crippen LogP contribution is 2.41. The van der Waals surface area contributed by atoms with Gasteiger partial charge >= 0.3 is 0 Å². The van der Waals surface area contributed by atoms with E-state index in [1.807, 2.05) is 0 Å². The molecule has 1 amide bonds. The van der Waals surface area contributed by atoms with Crippen molar-refractivity contribution in [3.05, 3.63) is 35.4 Å². The fraction of sp³-hybridized carbons (Fsp3) is 0.611. The molecule has 0 heterocycles. The molecule has 0 bridgehead atoms. The first-order valence-corrected chi connectivity index (χ1v) is 8.36. The van der Waals surface area contributed by atoms with Gasteiger partial charge in [0.2, 0.25) is 5.91 Å². The summed E-state index contributed by atoms with van der Waals surface area (Å²) in [4.78, 5) is 15.0. The molecule has 4 heteroatoms. The first-order valence-electron chi connectivity index (χ1n) is 8.36. The zero-order chi connectivity index (χ0) is 15.5. The number of aryl methyl sites for hydroxylation is 1. The van der Waals surface area contributed by atoms with Gasteiger partial charge in [-0.25, -0.2) is 0 Å². The summed E-state index contributed by atoms with van der Waals surface area (Å²) in [5.74, 6) is 0.196. The molecule has 1 fully saturated rings. The average molecular weight is 302 g/mol. The van der Waals surface area contributed by atoms with Crippen LogP contribution in [0.1, 0.15) is 49.3 Å². The van der Waals surface area contributed by atoms with Crippen molar-refractivity contribution in [2.75, 3.05) is 13.7 Å². The average Bonchev–Trinajstić information content (AvgIpc) is 3.38. The Hall–Kier alpha value is -1.39. The van der Waals surface area contributed by atoms with E-state index in [1.54, 1.807) is 7.11 Å². The molecule has 3 rings (SSSR count). The van der Waals surface area contributed by atoms with E-state index in [-0.39, 0.29) is 18.1 Å². The van der Waals surface area contributed by atoms with Crippen LogP contribution in [0.25, 0.3) is 0 Å².